The number of nitrogens with two attached hydrogens (primary N) is 1. The fraction of sp³-hybridized carbons (Fsp3) is 0.600. The molecule has 0 aromatic rings. The Hall–Kier alpha value is -3.97. The van der Waals surface area contributed by atoms with Gasteiger partial charge in [0.05, 0.1) is 32.8 Å². The molecular weight excluding hydrogens is 544 g/mol. The second kappa shape index (κ2) is 18.3. The number of aliphatic hydroxyl groups excluding tert-OH is 1. The van der Waals surface area contributed by atoms with Crippen molar-refractivity contribution < 1.29 is 48.6 Å². The van der Waals surface area contributed by atoms with Gasteiger partial charge in [-0.15, -0.1) is 0 Å². The number of carboxylic acids is 1. The molecule has 220 valence electrons. The first-order valence-corrected chi connectivity index (χ1v) is 12.0. The molecule has 0 fully saturated rings. The molecule has 0 saturated heterocycles. The fourth-order valence-corrected chi connectivity index (χ4v) is 2.68. The normalized spacial score (nSPS) is 13.4. The molecular formula is C20H34N8O10S. The van der Waals surface area contributed by atoms with Crippen LogP contribution in [-0.2, 0) is 38.4 Å². The van der Waals surface area contributed by atoms with Crippen molar-refractivity contribution in [2.24, 2.45) is 5.73 Å². The molecule has 18 nitrogen and oxygen atoms in total. The van der Waals surface area contributed by atoms with Crippen molar-refractivity contribution in [3.05, 3.63) is 0 Å². The van der Waals surface area contributed by atoms with E-state index in [1.54, 1.807) is 0 Å². The van der Waals surface area contributed by atoms with Crippen LogP contribution in [0.1, 0.15) is 13.8 Å². The molecule has 0 aromatic carbocycles. The van der Waals surface area contributed by atoms with Crippen LogP contribution in [0, 0.1) is 0 Å². The highest BCUT2D eigenvalue weighted by atomic mass is 32.1. The number of amides is 7. The lowest BCUT2D eigenvalue weighted by Crippen LogP contribution is -2.58. The van der Waals surface area contributed by atoms with Crippen molar-refractivity contribution in [3.8, 4) is 0 Å². The number of carbonyl (C=O) groups is 8. The molecule has 0 bridgehead atoms. The number of carbonyl (C=O) groups excluding carboxylic acids is 7. The van der Waals surface area contributed by atoms with Gasteiger partial charge in [-0.1, -0.05) is 0 Å². The van der Waals surface area contributed by atoms with Gasteiger partial charge >= 0.3 is 5.97 Å². The largest absolute Gasteiger partial charge is 0.480 e. The van der Waals surface area contributed by atoms with Gasteiger partial charge in [-0.25, -0.2) is 0 Å². The summed E-state index contributed by atoms with van der Waals surface area (Å²) in [5, 5.41) is 33.7. The zero-order chi connectivity index (χ0) is 30.1. The van der Waals surface area contributed by atoms with Crippen molar-refractivity contribution in [2.45, 2.75) is 38.0 Å². The molecule has 0 saturated carbocycles. The lowest BCUT2D eigenvalue weighted by atomic mass is 10.2. The second-order valence-corrected chi connectivity index (χ2v) is 8.24. The number of rotatable bonds is 17. The topological polar surface area (TPSA) is 287 Å². The third kappa shape index (κ3) is 14.5. The molecule has 19 heteroatoms. The molecule has 0 rings (SSSR count). The number of carboxylic acid groups (broad SMARTS) is 1. The van der Waals surface area contributed by atoms with Crippen LogP contribution in [0.4, 0.5) is 0 Å². The second-order valence-electron chi connectivity index (χ2n) is 7.88. The molecule has 0 spiro atoms. The van der Waals surface area contributed by atoms with Gasteiger partial charge in [-0.05, 0) is 13.8 Å². The SMILES string of the molecule is C[C@H](NC(=O)[C@H](C)NC(=O)[C@H](CS)NC(=O)[C@H](CO)NC(=O)CNC(=O)CNC(=O)CNC(=O)CN)C(=O)O. The van der Waals surface area contributed by atoms with E-state index in [4.69, 9.17) is 10.8 Å². The van der Waals surface area contributed by atoms with Crippen molar-refractivity contribution in [2.75, 3.05) is 38.5 Å². The third-order valence-corrected chi connectivity index (χ3v) is 5.02. The van der Waals surface area contributed by atoms with Crippen molar-refractivity contribution in [1.29, 1.82) is 0 Å². The average Bonchev–Trinajstić information content (AvgIpc) is 2.90. The summed E-state index contributed by atoms with van der Waals surface area (Å²) < 4.78 is 0. The Labute approximate surface area is 228 Å². The van der Waals surface area contributed by atoms with Gasteiger partial charge in [0, 0.05) is 5.75 Å². The first-order chi connectivity index (χ1) is 18.2. The summed E-state index contributed by atoms with van der Waals surface area (Å²) in [4.78, 5) is 94.1. The molecule has 0 aromatic heterocycles. The summed E-state index contributed by atoms with van der Waals surface area (Å²) in [6.45, 7) is -0.215. The van der Waals surface area contributed by atoms with Crippen LogP contribution in [0.5, 0.6) is 0 Å². The maximum absolute atomic E-state index is 12.5. The van der Waals surface area contributed by atoms with E-state index in [1.165, 1.54) is 13.8 Å². The van der Waals surface area contributed by atoms with E-state index in [9.17, 15) is 43.5 Å². The lowest BCUT2D eigenvalue weighted by molar-refractivity contribution is -0.141. The fourth-order valence-electron chi connectivity index (χ4n) is 2.42. The van der Waals surface area contributed by atoms with E-state index >= 15 is 0 Å². The predicted octanol–water partition coefficient (Wildman–Crippen LogP) is -6.72. The Balaban J connectivity index is 4.68. The summed E-state index contributed by atoms with van der Waals surface area (Å²) in [7, 11) is 0. The molecule has 7 amide bonds. The molecule has 0 aliphatic heterocycles. The molecule has 39 heavy (non-hydrogen) atoms. The number of hydrogen-bond acceptors (Lipinski definition) is 11. The first kappa shape index (κ1) is 35.0. The van der Waals surface area contributed by atoms with Gasteiger partial charge in [0.1, 0.15) is 24.2 Å². The number of thiol groups is 1. The first-order valence-electron chi connectivity index (χ1n) is 11.4. The highest BCUT2D eigenvalue weighted by Gasteiger charge is 2.28. The van der Waals surface area contributed by atoms with Gasteiger partial charge < -0.3 is 53.2 Å². The summed E-state index contributed by atoms with van der Waals surface area (Å²) >= 11 is 3.96. The number of nitrogens with one attached hydrogen (secondary N) is 7. The van der Waals surface area contributed by atoms with E-state index in [0.717, 1.165) is 0 Å². The van der Waals surface area contributed by atoms with Crippen LogP contribution >= 0.6 is 12.6 Å². The van der Waals surface area contributed by atoms with Crippen LogP contribution in [-0.4, -0.2) is 120 Å². The van der Waals surface area contributed by atoms with Crippen molar-refractivity contribution in [3.63, 3.8) is 0 Å². The molecule has 11 N–H and O–H groups in total. The highest BCUT2D eigenvalue weighted by molar-refractivity contribution is 7.80. The maximum atomic E-state index is 12.5. The summed E-state index contributed by atoms with van der Waals surface area (Å²) in [6.07, 6.45) is 0. The van der Waals surface area contributed by atoms with Crippen LogP contribution in [0.25, 0.3) is 0 Å². The predicted molar refractivity (Wildman–Crippen MR) is 136 cm³/mol. The molecule has 0 unspecified atom stereocenters. The standard InChI is InChI=1S/C20H34N8O10S/c1-9(17(34)26-10(2)20(37)38)25-19(36)12(8-39)28-18(35)11(7-29)27-16(33)6-24-15(32)5-23-14(31)4-22-13(30)3-21/h9-12,29,39H,3-8,21H2,1-2H3,(H,22,30)(H,23,31)(H,24,32)(H,25,36)(H,26,34)(H,27,33)(H,28,35)(H,37,38)/t9-,10-,11-,12-/m0/s1. The minimum atomic E-state index is -1.52. The van der Waals surface area contributed by atoms with Gasteiger partial charge in [0.15, 0.2) is 0 Å². The van der Waals surface area contributed by atoms with Crippen LogP contribution in [0.3, 0.4) is 0 Å². The summed E-state index contributed by atoms with van der Waals surface area (Å²) in [5.74, 6) is -7.03. The van der Waals surface area contributed by atoms with Crippen molar-refractivity contribution >= 4 is 59.9 Å². The Morgan fingerprint density at radius 2 is 1.13 bits per heavy atom. The molecule has 0 aliphatic carbocycles. The van der Waals surface area contributed by atoms with E-state index in [1.807, 2.05) is 0 Å². The Bertz CT molecular complexity index is 934. The van der Waals surface area contributed by atoms with Gasteiger partial charge in [-0.3, -0.25) is 38.4 Å². The van der Waals surface area contributed by atoms with Crippen LogP contribution in [0.15, 0.2) is 0 Å². The van der Waals surface area contributed by atoms with E-state index in [2.05, 4.69) is 49.8 Å². The minimum absolute atomic E-state index is 0.235. The van der Waals surface area contributed by atoms with Gasteiger partial charge in [0.25, 0.3) is 0 Å². The summed E-state index contributed by atoms with van der Waals surface area (Å²) in [6, 6.07) is -5.18. The number of aliphatic hydroxyl groups is 1. The lowest BCUT2D eigenvalue weighted by Gasteiger charge is -2.23. The van der Waals surface area contributed by atoms with E-state index in [-0.39, 0.29) is 12.3 Å². The van der Waals surface area contributed by atoms with E-state index in [0.29, 0.717) is 0 Å². The highest BCUT2D eigenvalue weighted by Crippen LogP contribution is 1.95. The Kier molecular flexibility index (Phi) is 16.4. The minimum Gasteiger partial charge on any atom is -0.480 e. The zero-order valence-corrected chi connectivity index (χ0v) is 22.1. The molecule has 0 heterocycles. The number of aliphatic carboxylic acids is 1. The Morgan fingerprint density at radius 3 is 1.59 bits per heavy atom. The van der Waals surface area contributed by atoms with Gasteiger partial charge in [0.2, 0.25) is 41.4 Å². The van der Waals surface area contributed by atoms with Gasteiger partial charge in [-0.2, -0.15) is 12.6 Å². The quantitative estimate of drug-likeness (QED) is 0.0721. The molecule has 0 radical (unpaired) electrons. The Morgan fingerprint density at radius 1 is 0.667 bits per heavy atom. The summed E-state index contributed by atoms with van der Waals surface area (Å²) in [5.41, 5.74) is 5.07. The van der Waals surface area contributed by atoms with Crippen molar-refractivity contribution in [1.82, 2.24) is 37.2 Å². The third-order valence-electron chi connectivity index (χ3n) is 4.65. The maximum Gasteiger partial charge on any atom is 0.325 e. The molecule has 4 atom stereocenters. The molecule has 0 aliphatic rings. The smallest absolute Gasteiger partial charge is 0.325 e. The average molecular weight is 579 g/mol. The zero-order valence-electron chi connectivity index (χ0n) is 21.2. The monoisotopic (exact) mass is 578 g/mol. The number of hydrogen-bond donors (Lipinski definition) is 11. The van der Waals surface area contributed by atoms with Crippen LogP contribution in [0.2, 0.25) is 0 Å². The van der Waals surface area contributed by atoms with Crippen LogP contribution < -0.4 is 43.0 Å². The van der Waals surface area contributed by atoms with E-state index < -0.39 is 97.7 Å².